The molecule has 0 amide bonds. The minimum absolute atomic E-state index is 0. The van der Waals surface area contributed by atoms with Gasteiger partial charge in [0.25, 0.3) is 5.69 Å². The maximum absolute atomic E-state index is 10.9. The van der Waals surface area contributed by atoms with Crippen LogP contribution in [-0.2, 0) is 0 Å². The second kappa shape index (κ2) is 9.43. The number of hydrogen-bond donors (Lipinski definition) is 0. The van der Waals surface area contributed by atoms with Crippen molar-refractivity contribution in [1.82, 2.24) is 4.90 Å². The highest BCUT2D eigenvalue weighted by Gasteiger charge is 2.33. The largest absolute Gasteiger partial charge is 0.347 e. The predicted molar refractivity (Wildman–Crippen MR) is 109 cm³/mol. The number of non-ortho nitro benzene ring substituents is 1. The van der Waals surface area contributed by atoms with E-state index in [4.69, 9.17) is 4.99 Å². The Morgan fingerprint density at radius 3 is 2.60 bits per heavy atom. The fourth-order valence-electron chi connectivity index (χ4n) is 2.90. The van der Waals surface area contributed by atoms with E-state index in [1.165, 1.54) is 6.07 Å². The van der Waals surface area contributed by atoms with Crippen LogP contribution in [0.4, 0.5) is 11.4 Å². The van der Waals surface area contributed by atoms with Crippen molar-refractivity contribution < 1.29 is 4.92 Å². The predicted octanol–water partition coefficient (Wildman–Crippen LogP) is 5.43. The van der Waals surface area contributed by atoms with Crippen molar-refractivity contribution in [1.29, 1.82) is 0 Å². The lowest BCUT2D eigenvalue weighted by atomic mass is 9.99. The van der Waals surface area contributed by atoms with Crippen LogP contribution in [0.1, 0.15) is 39.7 Å². The number of rotatable bonds is 6. The number of thioether (sulfide) groups is 1. The summed E-state index contributed by atoms with van der Waals surface area (Å²) < 4.78 is 0. The van der Waals surface area contributed by atoms with Crippen molar-refractivity contribution in [3.63, 3.8) is 0 Å². The summed E-state index contributed by atoms with van der Waals surface area (Å²) in [4.78, 5) is 17.8. The Kier molecular flexibility index (Phi) is 8.22. The van der Waals surface area contributed by atoms with Gasteiger partial charge < -0.3 is 4.90 Å². The number of nitro benzene ring substituents is 1. The molecule has 0 aromatic heterocycles. The van der Waals surface area contributed by atoms with Crippen molar-refractivity contribution >= 4 is 40.7 Å². The molecule has 0 spiro atoms. The van der Waals surface area contributed by atoms with E-state index in [0.29, 0.717) is 17.9 Å². The first kappa shape index (κ1) is 21.8. The van der Waals surface area contributed by atoms with Gasteiger partial charge in [-0.15, -0.1) is 12.4 Å². The van der Waals surface area contributed by atoms with Crippen LogP contribution in [0.5, 0.6) is 0 Å². The Hall–Kier alpha value is -1.27. The van der Waals surface area contributed by atoms with Crippen LogP contribution in [-0.4, -0.2) is 33.3 Å². The first-order chi connectivity index (χ1) is 11.3. The van der Waals surface area contributed by atoms with E-state index in [2.05, 4.69) is 32.6 Å². The van der Waals surface area contributed by atoms with Crippen LogP contribution < -0.4 is 0 Å². The third kappa shape index (κ3) is 5.35. The van der Waals surface area contributed by atoms with E-state index in [-0.39, 0.29) is 23.0 Å². The summed E-state index contributed by atoms with van der Waals surface area (Å²) in [5, 5.41) is 11.9. The number of nitrogens with zero attached hydrogens (tertiary/aromatic N) is 3. The first-order valence-corrected chi connectivity index (χ1v) is 9.55. The highest BCUT2D eigenvalue weighted by molar-refractivity contribution is 8.14. The number of amidine groups is 1. The van der Waals surface area contributed by atoms with Gasteiger partial charge in [0, 0.05) is 30.5 Å². The maximum atomic E-state index is 10.9. The van der Waals surface area contributed by atoms with Crippen LogP contribution >= 0.6 is 24.2 Å². The molecule has 0 aliphatic carbocycles. The molecule has 25 heavy (non-hydrogen) atoms. The lowest BCUT2D eigenvalue weighted by Crippen LogP contribution is -2.40. The molecule has 1 aromatic carbocycles. The Bertz CT molecular complexity index is 637. The molecule has 1 heterocycles. The van der Waals surface area contributed by atoms with E-state index in [1.54, 1.807) is 23.9 Å². The van der Waals surface area contributed by atoms with Crippen molar-refractivity contribution in [3.8, 4) is 0 Å². The summed E-state index contributed by atoms with van der Waals surface area (Å²) >= 11 is 1.80. The number of halogens is 1. The Balaban J connectivity index is 0.00000312. The van der Waals surface area contributed by atoms with E-state index in [1.807, 2.05) is 6.92 Å². The van der Waals surface area contributed by atoms with Crippen molar-refractivity contribution in [2.45, 2.75) is 47.1 Å². The van der Waals surface area contributed by atoms with Gasteiger partial charge in [-0.05, 0) is 30.4 Å². The molecule has 1 saturated heterocycles. The topological polar surface area (TPSA) is 58.7 Å². The molecule has 2 rings (SSSR count). The monoisotopic (exact) mass is 385 g/mol. The van der Waals surface area contributed by atoms with Crippen LogP contribution in [0, 0.1) is 28.9 Å². The molecule has 1 aliphatic heterocycles. The van der Waals surface area contributed by atoms with E-state index in [0.717, 1.165) is 35.1 Å². The van der Waals surface area contributed by atoms with Gasteiger partial charge in [0.15, 0.2) is 5.17 Å². The summed E-state index contributed by atoms with van der Waals surface area (Å²) in [6, 6.07) is 5.40. The Labute approximate surface area is 160 Å². The molecular formula is C18H28ClN3O2S. The van der Waals surface area contributed by atoms with E-state index >= 15 is 0 Å². The molecule has 0 unspecified atom stereocenters. The second-order valence-corrected chi connectivity index (χ2v) is 7.92. The SMILES string of the molecule is CC[C@@H](C)[C@H]1CSC(=Nc2ccc([N+](=O)[O-])cc2C)N1CC(C)C.Cl. The highest BCUT2D eigenvalue weighted by Crippen LogP contribution is 2.34. The number of benzene rings is 1. The molecule has 2 atom stereocenters. The molecule has 0 bridgehead atoms. The van der Waals surface area contributed by atoms with E-state index in [9.17, 15) is 10.1 Å². The molecule has 0 radical (unpaired) electrons. The van der Waals surface area contributed by atoms with Gasteiger partial charge in [-0.3, -0.25) is 10.1 Å². The fourth-order valence-corrected chi connectivity index (χ4v) is 4.27. The Morgan fingerprint density at radius 1 is 1.40 bits per heavy atom. The van der Waals surface area contributed by atoms with Gasteiger partial charge in [0.2, 0.25) is 0 Å². The fraction of sp³-hybridized carbons (Fsp3) is 0.611. The van der Waals surface area contributed by atoms with Gasteiger partial charge in [0.1, 0.15) is 0 Å². The molecule has 0 N–H and O–H groups in total. The lowest BCUT2D eigenvalue weighted by molar-refractivity contribution is -0.384. The Morgan fingerprint density at radius 2 is 2.08 bits per heavy atom. The number of aryl methyl sites for hydroxylation is 1. The third-order valence-corrected chi connectivity index (χ3v) is 5.59. The molecule has 1 fully saturated rings. The van der Waals surface area contributed by atoms with E-state index < -0.39 is 0 Å². The third-order valence-electron chi connectivity index (χ3n) is 4.50. The minimum Gasteiger partial charge on any atom is -0.347 e. The van der Waals surface area contributed by atoms with Gasteiger partial charge in [0.05, 0.1) is 10.6 Å². The average Bonchev–Trinajstić information content (AvgIpc) is 2.90. The zero-order valence-electron chi connectivity index (χ0n) is 15.6. The molecule has 1 aliphatic rings. The summed E-state index contributed by atoms with van der Waals surface area (Å²) in [5.41, 5.74) is 1.78. The lowest BCUT2D eigenvalue weighted by Gasteiger charge is -2.31. The van der Waals surface area contributed by atoms with Gasteiger partial charge >= 0.3 is 0 Å². The quantitative estimate of drug-likeness (QED) is 0.483. The number of nitro groups is 1. The molecule has 5 nitrogen and oxygen atoms in total. The van der Waals surface area contributed by atoms with Crippen molar-refractivity contribution in [3.05, 3.63) is 33.9 Å². The van der Waals surface area contributed by atoms with Crippen LogP contribution in [0.25, 0.3) is 0 Å². The summed E-state index contributed by atoms with van der Waals surface area (Å²) in [5.74, 6) is 2.26. The summed E-state index contributed by atoms with van der Waals surface area (Å²) in [7, 11) is 0. The highest BCUT2D eigenvalue weighted by atomic mass is 35.5. The van der Waals surface area contributed by atoms with Crippen molar-refractivity contribution in [2.24, 2.45) is 16.8 Å². The maximum Gasteiger partial charge on any atom is 0.269 e. The second-order valence-electron chi connectivity index (χ2n) is 6.93. The molecule has 7 heteroatoms. The molecule has 140 valence electrons. The van der Waals surface area contributed by atoms with Crippen molar-refractivity contribution in [2.75, 3.05) is 12.3 Å². The van der Waals surface area contributed by atoms with Gasteiger partial charge in [-0.2, -0.15) is 0 Å². The van der Waals surface area contributed by atoms with Crippen LogP contribution in [0.3, 0.4) is 0 Å². The van der Waals surface area contributed by atoms with Crippen LogP contribution in [0.15, 0.2) is 23.2 Å². The minimum atomic E-state index is -0.363. The normalized spacial score (nSPS) is 20.0. The number of aliphatic imine (C=N–C) groups is 1. The smallest absolute Gasteiger partial charge is 0.269 e. The first-order valence-electron chi connectivity index (χ1n) is 8.56. The number of hydrogen-bond acceptors (Lipinski definition) is 4. The standard InChI is InChI=1S/C18H27N3O2S.ClH/c1-6-13(4)17-11-24-18(20(17)10-12(2)3)19-16-8-7-15(21(22)23)9-14(16)5;/h7-9,12-13,17H,6,10-11H2,1-5H3;1H/t13-,17-;/m1./s1. The average molecular weight is 386 g/mol. The molecule has 1 aromatic rings. The molecule has 0 saturated carbocycles. The zero-order chi connectivity index (χ0) is 17.9. The van der Waals surface area contributed by atoms with Gasteiger partial charge in [-0.1, -0.05) is 45.9 Å². The molecular weight excluding hydrogens is 358 g/mol. The summed E-state index contributed by atoms with van der Waals surface area (Å²) in [6.45, 7) is 11.9. The zero-order valence-corrected chi connectivity index (χ0v) is 17.2. The summed E-state index contributed by atoms with van der Waals surface area (Å²) in [6.07, 6.45) is 1.16. The van der Waals surface area contributed by atoms with Crippen LogP contribution in [0.2, 0.25) is 0 Å². The van der Waals surface area contributed by atoms with Gasteiger partial charge in [-0.25, -0.2) is 4.99 Å².